The van der Waals surface area contributed by atoms with E-state index in [1.165, 1.54) is 34.9 Å². The van der Waals surface area contributed by atoms with Crippen LogP contribution in [0.4, 0.5) is 10.1 Å². The van der Waals surface area contributed by atoms with Crippen molar-refractivity contribution in [2.75, 3.05) is 18.6 Å². The number of methoxy groups -OCH3 is 1. The van der Waals surface area contributed by atoms with E-state index in [-0.39, 0.29) is 24.2 Å². The molecule has 1 atom stereocenters. The van der Waals surface area contributed by atoms with Gasteiger partial charge in [-0.25, -0.2) is 9.07 Å². The number of hydrogen-bond acceptors (Lipinski definition) is 6. The van der Waals surface area contributed by atoms with Crippen LogP contribution in [-0.2, 0) is 16.1 Å². The highest BCUT2D eigenvalue weighted by atomic mass is 19.1. The topological polar surface area (TPSA) is 98.6 Å². The van der Waals surface area contributed by atoms with E-state index in [1.54, 1.807) is 30.3 Å². The van der Waals surface area contributed by atoms with Crippen LogP contribution in [0.3, 0.4) is 0 Å². The average Bonchev–Trinajstić information content (AvgIpc) is 3.62. The summed E-state index contributed by atoms with van der Waals surface area (Å²) in [4.78, 5) is 29.5. The Bertz CT molecular complexity index is 1500. The molecule has 5 rings (SSSR count). The molecular formula is C30H32FN5O4. The van der Waals surface area contributed by atoms with Crippen LogP contribution in [-0.4, -0.2) is 46.6 Å². The van der Waals surface area contributed by atoms with Crippen LogP contribution in [0.25, 0.3) is 11.0 Å². The van der Waals surface area contributed by atoms with E-state index in [1.807, 2.05) is 25.1 Å². The first-order valence-corrected chi connectivity index (χ1v) is 13.5. The van der Waals surface area contributed by atoms with Gasteiger partial charge >= 0.3 is 0 Å². The molecule has 1 aliphatic rings. The number of carbonyl (C=O) groups excluding carboxylic acids is 2. The zero-order valence-electron chi connectivity index (χ0n) is 22.5. The third kappa shape index (κ3) is 5.75. The Morgan fingerprint density at radius 1 is 1.07 bits per heavy atom. The van der Waals surface area contributed by atoms with E-state index in [0.717, 1.165) is 25.7 Å². The predicted molar refractivity (Wildman–Crippen MR) is 149 cm³/mol. The van der Waals surface area contributed by atoms with Gasteiger partial charge in [0.25, 0.3) is 0 Å². The zero-order chi connectivity index (χ0) is 28.1. The number of rotatable bonds is 10. The number of aromatic nitrogens is 3. The molecule has 9 nitrogen and oxygen atoms in total. The van der Waals surface area contributed by atoms with E-state index in [9.17, 15) is 14.0 Å². The van der Waals surface area contributed by atoms with Crippen LogP contribution in [0.5, 0.6) is 11.5 Å². The highest BCUT2D eigenvalue weighted by molar-refractivity contribution is 6.01. The molecule has 1 N–H and O–H groups in total. The molecule has 1 heterocycles. The molecule has 0 spiro atoms. The van der Waals surface area contributed by atoms with Gasteiger partial charge in [0.15, 0.2) is 11.5 Å². The Balaban J connectivity index is 1.60. The number of anilines is 1. The van der Waals surface area contributed by atoms with Gasteiger partial charge in [-0.2, -0.15) is 0 Å². The van der Waals surface area contributed by atoms with Crippen molar-refractivity contribution in [3.63, 3.8) is 0 Å². The third-order valence-electron chi connectivity index (χ3n) is 7.07. The summed E-state index contributed by atoms with van der Waals surface area (Å²) < 4.78 is 27.2. The molecule has 1 fully saturated rings. The van der Waals surface area contributed by atoms with Crippen LogP contribution in [0, 0.1) is 5.82 Å². The van der Waals surface area contributed by atoms with Crippen LogP contribution in [0.15, 0.2) is 66.7 Å². The number of ether oxygens (including phenoxy) is 2. The molecule has 2 amide bonds. The molecule has 0 unspecified atom stereocenters. The summed E-state index contributed by atoms with van der Waals surface area (Å²) in [6.45, 7) is 2.09. The van der Waals surface area contributed by atoms with Gasteiger partial charge in [0.05, 0.1) is 19.2 Å². The first-order chi connectivity index (χ1) is 19.5. The van der Waals surface area contributed by atoms with Gasteiger partial charge in [0.2, 0.25) is 11.8 Å². The van der Waals surface area contributed by atoms with Crippen molar-refractivity contribution in [1.29, 1.82) is 0 Å². The number of fused-ring (bicyclic) bond motifs is 1. The Hall–Kier alpha value is -4.47. The molecule has 40 heavy (non-hydrogen) atoms. The number of nitrogens with one attached hydrogen (secondary N) is 1. The van der Waals surface area contributed by atoms with Crippen molar-refractivity contribution in [2.45, 2.75) is 51.2 Å². The molecule has 1 aromatic heterocycles. The highest BCUT2D eigenvalue weighted by Crippen LogP contribution is 2.35. The molecule has 0 bridgehead atoms. The van der Waals surface area contributed by atoms with Crippen LogP contribution in [0.2, 0.25) is 0 Å². The fourth-order valence-electron chi connectivity index (χ4n) is 5.20. The van der Waals surface area contributed by atoms with Crippen molar-refractivity contribution in [2.24, 2.45) is 0 Å². The van der Waals surface area contributed by atoms with Crippen LogP contribution in [0.1, 0.15) is 44.2 Å². The van der Waals surface area contributed by atoms with Crippen molar-refractivity contribution >= 4 is 28.5 Å². The van der Waals surface area contributed by atoms with E-state index in [4.69, 9.17) is 9.47 Å². The molecule has 0 aliphatic heterocycles. The SMILES string of the molecule is CCOc1ccc([C@H](C(=O)NC2CCCC2)N(C(=O)Cn2nnc3ccccc32)c2cccc(F)c2)cc1OC. The Morgan fingerprint density at radius 2 is 1.88 bits per heavy atom. The summed E-state index contributed by atoms with van der Waals surface area (Å²) in [6.07, 6.45) is 3.78. The van der Waals surface area contributed by atoms with E-state index in [0.29, 0.717) is 34.7 Å². The lowest BCUT2D eigenvalue weighted by Crippen LogP contribution is -2.47. The van der Waals surface area contributed by atoms with E-state index in [2.05, 4.69) is 15.6 Å². The number of para-hydroxylation sites is 1. The van der Waals surface area contributed by atoms with Gasteiger partial charge in [-0.1, -0.05) is 42.3 Å². The normalized spacial score (nSPS) is 14.2. The van der Waals surface area contributed by atoms with Gasteiger partial charge in [0.1, 0.15) is 23.9 Å². The molecule has 1 saturated carbocycles. The number of hydrogen-bond donors (Lipinski definition) is 1. The summed E-state index contributed by atoms with van der Waals surface area (Å²) >= 11 is 0. The summed E-state index contributed by atoms with van der Waals surface area (Å²) in [5.74, 6) is -0.408. The van der Waals surface area contributed by atoms with Crippen molar-refractivity contribution in [3.05, 3.63) is 78.1 Å². The fourth-order valence-corrected chi connectivity index (χ4v) is 5.20. The molecule has 208 valence electrons. The molecule has 4 aromatic rings. The average molecular weight is 546 g/mol. The number of halogens is 1. The lowest BCUT2D eigenvalue weighted by Gasteiger charge is -2.32. The second-order valence-electron chi connectivity index (χ2n) is 9.72. The lowest BCUT2D eigenvalue weighted by molar-refractivity contribution is -0.127. The first kappa shape index (κ1) is 27.1. The largest absolute Gasteiger partial charge is 0.493 e. The lowest BCUT2D eigenvalue weighted by atomic mass is 10.0. The maximum absolute atomic E-state index is 14.5. The highest BCUT2D eigenvalue weighted by Gasteiger charge is 2.35. The van der Waals surface area contributed by atoms with Gasteiger partial charge in [0, 0.05) is 11.7 Å². The van der Waals surface area contributed by atoms with Gasteiger partial charge in [-0.15, -0.1) is 5.10 Å². The minimum Gasteiger partial charge on any atom is -0.493 e. The predicted octanol–water partition coefficient (Wildman–Crippen LogP) is 4.81. The number of carbonyl (C=O) groups is 2. The monoisotopic (exact) mass is 545 g/mol. The molecular weight excluding hydrogens is 513 g/mol. The van der Waals surface area contributed by atoms with Gasteiger partial charge in [-0.05, 0) is 67.8 Å². The Labute approximate surface area is 231 Å². The van der Waals surface area contributed by atoms with E-state index < -0.39 is 17.8 Å². The number of amides is 2. The third-order valence-corrected chi connectivity index (χ3v) is 7.07. The Morgan fingerprint density at radius 3 is 2.62 bits per heavy atom. The maximum Gasteiger partial charge on any atom is 0.249 e. The Kier molecular flexibility index (Phi) is 8.23. The second kappa shape index (κ2) is 12.1. The second-order valence-corrected chi connectivity index (χ2v) is 9.72. The van der Waals surface area contributed by atoms with Gasteiger partial charge in [-0.3, -0.25) is 14.5 Å². The summed E-state index contributed by atoms with van der Waals surface area (Å²) in [7, 11) is 1.51. The summed E-state index contributed by atoms with van der Waals surface area (Å²) in [6, 6.07) is 17.0. The maximum atomic E-state index is 14.5. The van der Waals surface area contributed by atoms with Crippen molar-refractivity contribution in [1.82, 2.24) is 20.3 Å². The first-order valence-electron chi connectivity index (χ1n) is 13.5. The fraction of sp³-hybridized carbons (Fsp3) is 0.333. The molecule has 0 saturated heterocycles. The van der Waals surface area contributed by atoms with Crippen molar-refractivity contribution < 1.29 is 23.5 Å². The van der Waals surface area contributed by atoms with Crippen molar-refractivity contribution in [3.8, 4) is 11.5 Å². The van der Waals surface area contributed by atoms with Crippen LogP contribution < -0.4 is 19.7 Å². The molecule has 1 aliphatic carbocycles. The molecule has 0 radical (unpaired) electrons. The molecule has 3 aromatic carbocycles. The minimum absolute atomic E-state index is 0.00307. The smallest absolute Gasteiger partial charge is 0.249 e. The zero-order valence-corrected chi connectivity index (χ0v) is 22.5. The van der Waals surface area contributed by atoms with Crippen LogP contribution >= 0.6 is 0 Å². The summed E-state index contributed by atoms with van der Waals surface area (Å²) in [5.41, 5.74) is 2.05. The minimum atomic E-state index is -1.12. The van der Waals surface area contributed by atoms with Gasteiger partial charge < -0.3 is 14.8 Å². The number of nitrogens with zero attached hydrogens (tertiary/aromatic N) is 4. The quantitative estimate of drug-likeness (QED) is 0.307. The standard InChI is InChI=1S/C30H32FN5O4/c1-3-40-26-16-15-20(17-27(26)39-2)29(30(38)32-22-10-4-5-11-22)36(23-12-8-9-21(31)18-23)28(37)19-35-25-14-7-6-13-24(25)33-34-35/h6-9,12-18,22,29H,3-5,10-11,19H2,1-2H3,(H,32,38)/t29-/m1/s1. The number of benzene rings is 3. The molecule has 10 heteroatoms. The van der Waals surface area contributed by atoms with E-state index >= 15 is 0 Å². The summed E-state index contributed by atoms with van der Waals surface area (Å²) in [5, 5.41) is 11.4.